The number of nitrogens with one attached hydrogen (secondary N) is 2. The van der Waals surface area contributed by atoms with Gasteiger partial charge in [-0.15, -0.1) is 0 Å². The van der Waals surface area contributed by atoms with Gasteiger partial charge in [0.25, 0.3) is 0 Å². The van der Waals surface area contributed by atoms with Crippen LogP contribution in [0.15, 0.2) is 48.5 Å². The van der Waals surface area contributed by atoms with Crippen LogP contribution in [0.25, 0.3) is 0 Å². The van der Waals surface area contributed by atoms with Gasteiger partial charge in [-0.1, -0.05) is 30.3 Å². The summed E-state index contributed by atoms with van der Waals surface area (Å²) in [6.45, 7) is 1.31. The fourth-order valence-corrected chi connectivity index (χ4v) is 2.23. The van der Waals surface area contributed by atoms with Gasteiger partial charge in [0, 0.05) is 18.8 Å². The van der Waals surface area contributed by atoms with E-state index >= 15 is 0 Å². The standard InChI is InChI=1S/C18H20N4O/c1-22(2)13-16-7-3-6-15(9-16)12-20-18(23)21-17-8-4-5-14(10-17)11-19/h3-10H,12-13H2,1-2H3,(H2,20,21,23). The van der Waals surface area contributed by atoms with Gasteiger partial charge in [0.2, 0.25) is 0 Å². The van der Waals surface area contributed by atoms with E-state index in [0.29, 0.717) is 17.8 Å². The molecule has 0 aromatic heterocycles. The second kappa shape index (κ2) is 7.97. The van der Waals surface area contributed by atoms with Crippen molar-refractivity contribution in [3.05, 3.63) is 65.2 Å². The number of carbonyl (C=O) groups is 1. The molecular weight excluding hydrogens is 288 g/mol. The average Bonchev–Trinajstić information content (AvgIpc) is 2.53. The van der Waals surface area contributed by atoms with Crippen LogP contribution in [0.5, 0.6) is 0 Å². The summed E-state index contributed by atoms with van der Waals surface area (Å²) >= 11 is 0. The summed E-state index contributed by atoms with van der Waals surface area (Å²) in [5.41, 5.74) is 3.36. The van der Waals surface area contributed by atoms with Crippen molar-refractivity contribution in [1.29, 1.82) is 5.26 Å². The number of hydrogen-bond donors (Lipinski definition) is 2. The Balaban J connectivity index is 1.90. The molecule has 0 unspecified atom stereocenters. The molecule has 5 nitrogen and oxygen atoms in total. The van der Waals surface area contributed by atoms with Crippen LogP contribution in [-0.4, -0.2) is 25.0 Å². The molecule has 0 aliphatic carbocycles. The lowest BCUT2D eigenvalue weighted by Gasteiger charge is -2.12. The molecule has 5 heteroatoms. The zero-order chi connectivity index (χ0) is 16.7. The lowest BCUT2D eigenvalue weighted by atomic mass is 10.1. The van der Waals surface area contributed by atoms with Crippen molar-refractivity contribution in [3.63, 3.8) is 0 Å². The summed E-state index contributed by atoms with van der Waals surface area (Å²) < 4.78 is 0. The maximum absolute atomic E-state index is 11.9. The number of nitrogens with zero attached hydrogens (tertiary/aromatic N) is 2. The fourth-order valence-electron chi connectivity index (χ4n) is 2.23. The minimum Gasteiger partial charge on any atom is -0.334 e. The van der Waals surface area contributed by atoms with Crippen LogP contribution in [0.4, 0.5) is 10.5 Å². The molecule has 0 spiro atoms. The van der Waals surface area contributed by atoms with E-state index in [-0.39, 0.29) is 6.03 Å². The Morgan fingerprint density at radius 2 is 1.87 bits per heavy atom. The highest BCUT2D eigenvalue weighted by Gasteiger charge is 2.03. The highest BCUT2D eigenvalue weighted by Crippen LogP contribution is 2.10. The lowest BCUT2D eigenvalue weighted by Crippen LogP contribution is -2.28. The van der Waals surface area contributed by atoms with Crippen molar-refractivity contribution in [2.75, 3.05) is 19.4 Å². The zero-order valence-corrected chi connectivity index (χ0v) is 13.3. The van der Waals surface area contributed by atoms with E-state index in [4.69, 9.17) is 5.26 Å². The average molecular weight is 308 g/mol. The summed E-state index contributed by atoms with van der Waals surface area (Å²) in [6.07, 6.45) is 0. The van der Waals surface area contributed by atoms with Crippen LogP contribution < -0.4 is 10.6 Å². The molecule has 0 aliphatic rings. The minimum atomic E-state index is -0.293. The van der Waals surface area contributed by atoms with E-state index < -0.39 is 0 Å². The largest absolute Gasteiger partial charge is 0.334 e. The van der Waals surface area contributed by atoms with Crippen molar-refractivity contribution in [2.45, 2.75) is 13.1 Å². The monoisotopic (exact) mass is 308 g/mol. The number of urea groups is 1. The van der Waals surface area contributed by atoms with E-state index in [2.05, 4.69) is 27.7 Å². The topological polar surface area (TPSA) is 68.2 Å². The molecule has 23 heavy (non-hydrogen) atoms. The minimum absolute atomic E-state index is 0.293. The third-order valence-corrected chi connectivity index (χ3v) is 3.19. The van der Waals surface area contributed by atoms with Gasteiger partial charge < -0.3 is 15.5 Å². The lowest BCUT2D eigenvalue weighted by molar-refractivity contribution is 0.251. The molecule has 0 saturated heterocycles. The first-order valence-electron chi connectivity index (χ1n) is 7.34. The normalized spacial score (nSPS) is 10.2. The summed E-state index contributed by atoms with van der Waals surface area (Å²) in [6, 6.07) is 16.7. The van der Waals surface area contributed by atoms with Gasteiger partial charge in [-0.2, -0.15) is 5.26 Å². The summed E-state index contributed by atoms with van der Waals surface area (Å²) in [5, 5.41) is 14.4. The highest BCUT2D eigenvalue weighted by molar-refractivity contribution is 5.89. The van der Waals surface area contributed by atoms with Crippen molar-refractivity contribution in [1.82, 2.24) is 10.2 Å². The van der Waals surface area contributed by atoms with Gasteiger partial charge in [-0.3, -0.25) is 0 Å². The quantitative estimate of drug-likeness (QED) is 0.892. The molecule has 2 aromatic carbocycles. The third-order valence-electron chi connectivity index (χ3n) is 3.19. The van der Waals surface area contributed by atoms with E-state index in [0.717, 1.165) is 12.1 Å². The Kier molecular flexibility index (Phi) is 5.73. The van der Waals surface area contributed by atoms with E-state index in [9.17, 15) is 4.79 Å². The van der Waals surface area contributed by atoms with Crippen LogP contribution in [0.1, 0.15) is 16.7 Å². The van der Waals surface area contributed by atoms with Gasteiger partial charge in [0.05, 0.1) is 11.6 Å². The molecule has 0 radical (unpaired) electrons. The number of nitriles is 1. The predicted octanol–water partition coefficient (Wildman–Crippen LogP) is 2.94. The second-order valence-electron chi connectivity index (χ2n) is 5.56. The number of benzene rings is 2. The van der Waals surface area contributed by atoms with E-state index in [1.165, 1.54) is 5.56 Å². The molecule has 0 atom stereocenters. The second-order valence-corrected chi connectivity index (χ2v) is 5.56. The van der Waals surface area contributed by atoms with Gasteiger partial charge >= 0.3 is 6.03 Å². The van der Waals surface area contributed by atoms with Crippen molar-refractivity contribution >= 4 is 11.7 Å². The first kappa shape index (κ1) is 16.5. The number of anilines is 1. The number of rotatable bonds is 5. The molecule has 0 heterocycles. The molecule has 118 valence electrons. The van der Waals surface area contributed by atoms with E-state index in [1.807, 2.05) is 32.3 Å². The Labute approximate surface area is 136 Å². The van der Waals surface area contributed by atoms with Crippen LogP contribution >= 0.6 is 0 Å². The van der Waals surface area contributed by atoms with Crippen molar-refractivity contribution in [3.8, 4) is 6.07 Å². The van der Waals surface area contributed by atoms with Crippen LogP contribution in [0.2, 0.25) is 0 Å². The number of amides is 2. The number of carbonyl (C=O) groups excluding carboxylic acids is 1. The van der Waals surface area contributed by atoms with E-state index in [1.54, 1.807) is 24.3 Å². The Morgan fingerprint density at radius 1 is 1.13 bits per heavy atom. The van der Waals surface area contributed by atoms with Crippen molar-refractivity contribution < 1.29 is 4.79 Å². The van der Waals surface area contributed by atoms with Crippen LogP contribution in [0, 0.1) is 11.3 Å². The first-order valence-corrected chi connectivity index (χ1v) is 7.34. The van der Waals surface area contributed by atoms with Gasteiger partial charge in [-0.25, -0.2) is 4.79 Å². The maximum Gasteiger partial charge on any atom is 0.319 e. The third kappa shape index (κ3) is 5.46. The Hall–Kier alpha value is -2.84. The van der Waals surface area contributed by atoms with Crippen LogP contribution in [-0.2, 0) is 13.1 Å². The molecule has 2 N–H and O–H groups in total. The summed E-state index contributed by atoms with van der Waals surface area (Å²) in [5.74, 6) is 0. The first-order chi connectivity index (χ1) is 11.1. The number of hydrogen-bond acceptors (Lipinski definition) is 3. The molecule has 0 bridgehead atoms. The summed E-state index contributed by atoms with van der Waals surface area (Å²) in [7, 11) is 4.04. The molecule has 0 saturated carbocycles. The van der Waals surface area contributed by atoms with Gasteiger partial charge in [0.1, 0.15) is 0 Å². The molecule has 0 aliphatic heterocycles. The Bertz CT molecular complexity index is 719. The Morgan fingerprint density at radius 3 is 2.61 bits per heavy atom. The fraction of sp³-hybridized carbons (Fsp3) is 0.222. The van der Waals surface area contributed by atoms with Crippen molar-refractivity contribution in [2.24, 2.45) is 0 Å². The molecule has 2 aromatic rings. The van der Waals surface area contributed by atoms with Gasteiger partial charge in [-0.05, 0) is 43.4 Å². The maximum atomic E-state index is 11.9. The SMILES string of the molecule is CN(C)Cc1cccc(CNC(=O)Nc2cccc(C#N)c2)c1. The highest BCUT2D eigenvalue weighted by atomic mass is 16.2. The zero-order valence-electron chi connectivity index (χ0n) is 13.3. The van der Waals surface area contributed by atoms with Crippen LogP contribution in [0.3, 0.4) is 0 Å². The molecule has 2 amide bonds. The van der Waals surface area contributed by atoms with Gasteiger partial charge in [0.15, 0.2) is 0 Å². The predicted molar refractivity (Wildman–Crippen MR) is 90.8 cm³/mol. The summed E-state index contributed by atoms with van der Waals surface area (Å²) in [4.78, 5) is 14.0. The smallest absolute Gasteiger partial charge is 0.319 e. The molecule has 2 rings (SSSR count). The molecule has 0 fully saturated rings. The molecular formula is C18H20N4O.